The van der Waals surface area contributed by atoms with Crippen LogP contribution in [0.5, 0.6) is 0 Å². The van der Waals surface area contributed by atoms with Crippen molar-refractivity contribution in [3.63, 3.8) is 0 Å². The van der Waals surface area contributed by atoms with Crippen molar-refractivity contribution >= 4 is 23.7 Å². The van der Waals surface area contributed by atoms with Gasteiger partial charge in [0, 0.05) is 5.41 Å². The SMILES string of the molecule is CCC(C)(C)C(=O)N1Cc2ccccc2/C=C\c2ccccc21. The molecule has 2 heteroatoms. The molecule has 0 saturated carbocycles. The average molecular weight is 305 g/mol. The molecule has 2 aromatic rings. The summed E-state index contributed by atoms with van der Waals surface area (Å²) in [6.45, 7) is 6.73. The predicted octanol–water partition coefficient (Wildman–Crippen LogP) is 5.14. The number of para-hydroxylation sites is 1. The van der Waals surface area contributed by atoms with Gasteiger partial charge in [-0.15, -0.1) is 0 Å². The Morgan fingerprint density at radius 1 is 1.00 bits per heavy atom. The highest BCUT2D eigenvalue weighted by atomic mass is 16.2. The number of fused-ring (bicyclic) bond motifs is 2. The molecule has 0 unspecified atom stereocenters. The Morgan fingerprint density at radius 2 is 1.61 bits per heavy atom. The van der Waals surface area contributed by atoms with Crippen molar-refractivity contribution in [1.29, 1.82) is 0 Å². The van der Waals surface area contributed by atoms with Gasteiger partial charge in [-0.05, 0) is 29.2 Å². The lowest BCUT2D eigenvalue weighted by Crippen LogP contribution is -2.41. The largest absolute Gasteiger partial charge is 0.307 e. The van der Waals surface area contributed by atoms with Crippen molar-refractivity contribution in [2.75, 3.05) is 4.90 Å². The summed E-state index contributed by atoms with van der Waals surface area (Å²) in [7, 11) is 0. The first-order valence-corrected chi connectivity index (χ1v) is 8.20. The van der Waals surface area contributed by atoms with E-state index in [0.717, 1.165) is 17.7 Å². The van der Waals surface area contributed by atoms with Gasteiger partial charge in [-0.2, -0.15) is 0 Å². The molecule has 0 aromatic heterocycles. The van der Waals surface area contributed by atoms with Crippen LogP contribution in [0.1, 0.15) is 43.9 Å². The molecular formula is C21H23NO. The summed E-state index contributed by atoms with van der Waals surface area (Å²) in [6, 6.07) is 16.4. The lowest BCUT2D eigenvalue weighted by molar-refractivity contribution is -0.126. The summed E-state index contributed by atoms with van der Waals surface area (Å²) in [6.07, 6.45) is 5.06. The summed E-state index contributed by atoms with van der Waals surface area (Å²) >= 11 is 0. The van der Waals surface area contributed by atoms with Crippen molar-refractivity contribution in [2.24, 2.45) is 5.41 Å². The lowest BCUT2D eigenvalue weighted by Gasteiger charge is -2.33. The van der Waals surface area contributed by atoms with E-state index in [2.05, 4.69) is 37.3 Å². The predicted molar refractivity (Wildman–Crippen MR) is 97.1 cm³/mol. The molecule has 1 aliphatic heterocycles. The Hall–Kier alpha value is -2.35. The third-order valence-electron chi connectivity index (χ3n) is 4.76. The van der Waals surface area contributed by atoms with E-state index >= 15 is 0 Å². The molecule has 0 bridgehead atoms. The van der Waals surface area contributed by atoms with Crippen LogP contribution in [0.4, 0.5) is 5.69 Å². The van der Waals surface area contributed by atoms with Crippen LogP contribution >= 0.6 is 0 Å². The van der Waals surface area contributed by atoms with Gasteiger partial charge in [-0.25, -0.2) is 0 Å². The van der Waals surface area contributed by atoms with E-state index in [-0.39, 0.29) is 11.3 Å². The van der Waals surface area contributed by atoms with Crippen LogP contribution < -0.4 is 4.90 Å². The number of hydrogen-bond acceptors (Lipinski definition) is 1. The Morgan fingerprint density at radius 3 is 2.35 bits per heavy atom. The normalized spacial score (nSPS) is 15.2. The molecule has 2 aromatic carbocycles. The number of amides is 1. The number of anilines is 1. The summed E-state index contributed by atoms with van der Waals surface area (Å²) in [5.74, 6) is 0.178. The van der Waals surface area contributed by atoms with E-state index in [0.29, 0.717) is 6.54 Å². The third-order valence-corrected chi connectivity index (χ3v) is 4.76. The number of hydrogen-bond donors (Lipinski definition) is 0. The van der Waals surface area contributed by atoms with Gasteiger partial charge in [0.05, 0.1) is 12.2 Å². The fourth-order valence-corrected chi connectivity index (χ4v) is 2.85. The van der Waals surface area contributed by atoms with E-state index in [1.54, 1.807) is 0 Å². The zero-order chi connectivity index (χ0) is 16.4. The molecule has 0 atom stereocenters. The van der Waals surface area contributed by atoms with Crippen LogP contribution in [0, 0.1) is 5.41 Å². The average Bonchev–Trinajstić information content (AvgIpc) is 2.56. The molecule has 1 amide bonds. The Labute approximate surface area is 138 Å². The minimum absolute atomic E-state index is 0.178. The zero-order valence-electron chi connectivity index (χ0n) is 14.0. The molecule has 0 saturated heterocycles. The molecule has 1 heterocycles. The molecule has 0 N–H and O–H groups in total. The van der Waals surface area contributed by atoms with Gasteiger partial charge in [0.2, 0.25) is 5.91 Å². The first kappa shape index (κ1) is 15.5. The van der Waals surface area contributed by atoms with E-state index in [4.69, 9.17) is 0 Å². The number of carbonyl (C=O) groups excluding carboxylic acids is 1. The first-order valence-electron chi connectivity index (χ1n) is 8.20. The summed E-state index contributed by atoms with van der Waals surface area (Å²) in [5.41, 5.74) is 4.06. The van der Waals surface area contributed by atoms with Gasteiger partial charge < -0.3 is 4.90 Å². The highest BCUT2D eigenvalue weighted by Crippen LogP contribution is 2.33. The second kappa shape index (κ2) is 6.04. The van der Waals surface area contributed by atoms with E-state index in [1.165, 1.54) is 11.1 Å². The molecule has 0 spiro atoms. The maximum atomic E-state index is 13.2. The number of nitrogens with zero attached hydrogens (tertiary/aromatic N) is 1. The van der Waals surface area contributed by atoms with Gasteiger partial charge >= 0.3 is 0 Å². The lowest BCUT2D eigenvalue weighted by atomic mass is 9.87. The second-order valence-electron chi connectivity index (χ2n) is 6.72. The van der Waals surface area contributed by atoms with Crippen LogP contribution in [0.2, 0.25) is 0 Å². The van der Waals surface area contributed by atoms with Crippen LogP contribution in [0.3, 0.4) is 0 Å². The molecule has 23 heavy (non-hydrogen) atoms. The third kappa shape index (κ3) is 2.94. The maximum Gasteiger partial charge on any atom is 0.232 e. The van der Waals surface area contributed by atoms with E-state index in [9.17, 15) is 4.79 Å². The first-order chi connectivity index (χ1) is 11.0. The van der Waals surface area contributed by atoms with Gasteiger partial charge in [-0.1, -0.05) is 75.4 Å². The van der Waals surface area contributed by atoms with Crippen molar-refractivity contribution < 1.29 is 4.79 Å². The Balaban J connectivity index is 2.15. The topological polar surface area (TPSA) is 20.3 Å². The van der Waals surface area contributed by atoms with E-state index in [1.807, 2.05) is 49.1 Å². The Kier molecular flexibility index (Phi) is 4.08. The maximum absolute atomic E-state index is 13.2. The van der Waals surface area contributed by atoms with Crippen molar-refractivity contribution in [1.82, 2.24) is 0 Å². The smallest absolute Gasteiger partial charge is 0.232 e. The minimum Gasteiger partial charge on any atom is -0.307 e. The van der Waals surface area contributed by atoms with Crippen molar-refractivity contribution in [3.8, 4) is 0 Å². The van der Waals surface area contributed by atoms with Crippen LogP contribution in [0.15, 0.2) is 48.5 Å². The van der Waals surface area contributed by atoms with Gasteiger partial charge in [0.1, 0.15) is 0 Å². The van der Waals surface area contributed by atoms with Crippen LogP contribution in [-0.2, 0) is 11.3 Å². The standard InChI is InChI=1S/C21H23NO/c1-4-21(2,3)20(23)22-15-18-11-6-5-9-16(18)13-14-17-10-7-8-12-19(17)22/h5-14H,4,15H2,1-3H3/b14-13-. The van der Waals surface area contributed by atoms with E-state index < -0.39 is 0 Å². The van der Waals surface area contributed by atoms with Gasteiger partial charge in [0.25, 0.3) is 0 Å². The summed E-state index contributed by atoms with van der Waals surface area (Å²) in [4.78, 5) is 15.1. The zero-order valence-corrected chi connectivity index (χ0v) is 14.0. The molecule has 2 nitrogen and oxygen atoms in total. The van der Waals surface area contributed by atoms with Crippen molar-refractivity contribution in [3.05, 3.63) is 65.2 Å². The molecule has 0 aliphatic carbocycles. The Bertz CT molecular complexity index is 758. The molecule has 1 aliphatic rings. The highest BCUT2D eigenvalue weighted by molar-refractivity contribution is 5.99. The molecule has 118 valence electrons. The second-order valence-corrected chi connectivity index (χ2v) is 6.72. The fraction of sp³-hybridized carbons (Fsp3) is 0.286. The highest BCUT2D eigenvalue weighted by Gasteiger charge is 2.32. The summed E-state index contributed by atoms with van der Waals surface area (Å²) in [5, 5.41) is 0. The minimum atomic E-state index is -0.370. The quantitative estimate of drug-likeness (QED) is 0.752. The number of rotatable bonds is 2. The molecule has 3 rings (SSSR count). The summed E-state index contributed by atoms with van der Waals surface area (Å²) < 4.78 is 0. The number of carbonyl (C=O) groups is 1. The molecule has 0 radical (unpaired) electrons. The molecule has 0 fully saturated rings. The van der Waals surface area contributed by atoms with Crippen molar-refractivity contribution in [2.45, 2.75) is 33.7 Å². The monoisotopic (exact) mass is 305 g/mol. The van der Waals surface area contributed by atoms with Crippen LogP contribution in [-0.4, -0.2) is 5.91 Å². The van der Waals surface area contributed by atoms with Gasteiger partial charge in [0.15, 0.2) is 0 Å². The van der Waals surface area contributed by atoms with Gasteiger partial charge in [-0.3, -0.25) is 4.79 Å². The fourth-order valence-electron chi connectivity index (χ4n) is 2.85. The van der Waals surface area contributed by atoms with Crippen LogP contribution in [0.25, 0.3) is 12.2 Å². The number of benzene rings is 2. The molecular weight excluding hydrogens is 282 g/mol.